The van der Waals surface area contributed by atoms with Crippen molar-refractivity contribution in [2.75, 3.05) is 11.1 Å². The summed E-state index contributed by atoms with van der Waals surface area (Å²) in [6.45, 7) is 0. The van der Waals surface area contributed by atoms with E-state index in [-0.39, 0.29) is 5.69 Å². The van der Waals surface area contributed by atoms with E-state index in [2.05, 4.69) is 5.32 Å². The summed E-state index contributed by atoms with van der Waals surface area (Å²) in [5.41, 5.74) is 4.19. The lowest BCUT2D eigenvalue weighted by Gasteiger charge is -2.09. The molecule has 0 fully saturated rings. The molecule has 0 aliphatic carbocycles. The third-order valence-corrected chi connectivity index (χ3v) is 3.62. The van der Waals surface area contributed by atoms with Gasteiger partial charge in [-0.2, -0.15) is 8.78 Å². The number of nitrogen functional groups attached to an aromatic ring is 1. The Labute approximate surface area is 138 Å². The van der Waals surface area contributed by atoms with Gasteiger partial charge in [-0.05, 0) is 30.3 Å². The van der Waals surface area contributed by atoms with Crippen LogP contribution in [0.5, 0.6) is 0 Å². The van der Waals surface area contributed by atoms with Gasteiger partial charge in [-0.3, -0.25) is 14.9 Å². The van der Waals surface area contributed by atoms with Gasteiger partial charge in [0.05, 0.1) is 16.6 Å². The number of alkyl halides is 2. The summed E-state index contributed by atoms with van der Waals surface area (Å²) in [6, 6.07) is 6.85. The van der Waals surface area contributed by atoms with E-state index in [1.807, 2.05) is 0 Å². The number of nitro benzene ring substituents is 1. The summed E-state index contributed by atoms with van der Waals surface area (Å²) in [6.07, 6.45) is 0. The molecule has 0 saturated carbocycles. The van der Waals surface area contributed by atoms with E-state index in [0.717, 1.165) is 6.07 Å². The Bertz CT molecular complexity index is 785. The fourth-order valence-electron chi connectivity index (χ4n) is 1.86. The van der Waals surface area contributed by atoms with Crippen molar-refractivity contribution in [1.82, 2.24) is 0 Å². The van der Waals surface area contributed by atoms with Crippen molar-refractivity contribution in [3.8, 4) is 0 Å². The van der Waals surface area contributed by atoms with Crippen LogP contribution in [0.4, 0.5) is 30.2 Å². The Balaban J connectivity index is 2.22. The maximum Gasteiger partial charge on any atom is 0.295 e. The lowest BCUT2D eigenvalue weighted by atomic mass is 10.1. The highest BCUT2D eigenvalue weighted by Gasteiger charge is 2.21. The number of amides is 1. The molecule has 126 valence electrons. The summed E-state index contributed by atoms with van der Waals surface area (Å²) >= 11 is 0.341. The average Bonchev–Trinajstić information content (AvgIpc) is 2.50. The minimum absolute atomic E-state index is 0.241. The first kappa shape index (κ1) is 17.6. The number of anilines is 2. The summed E-state index contributed by atoms with van der Waals surface area (Å²) in [4.78, 5) is 22.3. The lowest BCUT2D eigenvalue weighted by molar-refractivity contribution is -0.384. The molecule has 0 spiro atoms. The second-order valence-corrected chi connectivity index (χ2v) is 5.56. The summed E-state index contributed by atoms with van der Waals surface area (Å²) < 4.78 is 37.9. The van der Waals surface area contributed by atoms with E-state index < -0.39 is 39.3 Å². The topological polar surface area (TPSA) is 98.3 Å². The van der Waals surface area contributed by atoms with Crippen LogP contribution in [-0.4, -0.2) is 16.6 Å². The number of nitrogens with two attached hydrogens (primary N) is 1. The smallest absolute Gasteiger partial charge is 0.295 e. The molecular formula is C14H10F3N3O3S. The standard InChI is InChI=1S/C14H10F3N3O3S/c15-7-5-10(12(18)11(6-7)20(22)23)13(21)19-8-1-3-9(4-2-8)24-14(16)17/h1-6,14H,18H2,(H,19,21). The molecule has 10 heteroatoms. The molecule has 0 aliphatic rings. The molecule has 0 aliphatic heterocycles. The zero-order valence-corrected chi connectivity index (χ0v) is 12.6. The Kier molecular flexibility index (Phi) is 5.29. The van der Waals surface area contributed by atoms with Crippen molar-refractivity contribution in [1.29, 1.82) is 0 Å². The Morgan fingerprint density at radius 3 is 2.42 bits per heavy atom. The Morgan fingerprint density at radius 2 is 1.88 bits per heavy atom. The predicted octanol–water partition coefficient (Wildman–Crippen LogP) is 3.88. The first-order valence-corrected chi connectivity index (χ1v) is 7.25. The van der Waals surface area contributed by atoms with Gasteiger partial charge >= 0.3 is 0 Å². The molecule has 0 heterocycles. The van der Waals surface area contributed by atoms with Crippen LogP contribution in [-0.2, 0) is 0 Å². The summed E-state index contributed by atoms with van der Waals surface area (Å²) in [5, 5.41) is 13.2. The molecule has 0 bridgehead atoms. The van der Waals surface area contributed by atoms with Crippen LogP contribution in [0.3, 0.4) is 0 Å². The number of rotatable bonds is 5. The van der Waals surface area contributed by atoms with Crippen molar-refractivity contribution in [3.63, 3.8) is 0 Å². The predicted molar refractivity (Wildman–Crippen MR) is 83.7 cm³/mol. The SMILES string of the molecule is Nc1c(C(=O)Nc2ccc(SC(F)F)cc2)cc(F)cc1[N+](=O)[O-]. The third-order valence-electron chi connectivity index (χ3n) is 2.90. The fraction of sp³-hybridized carbons (Fsp3) is 0.0714. The molecule has 0 saturated heterocycles. The third kappa shape index (κ3) is 4.16. The lowest BCUT2D eigenvalue weighted by Crippen LogP contribution is -2.15. The van der Waals surface area contributed by atoms with E-state index in [0.29, 0.717) is 22.7 Å². The van der Waals surface area contributed by atoms with Crippen LogP contribution in [0.1, 0.15) is 10.4 Å². The van der Waals surface area contributed by atoms with Crippen LogP contribution in [0.2, 0.25) is 0 Å². The van der Waals surface area contributed by atoms with Gasteiger partial charge in [0.25, 0.3) is 17.4 Å². The zero-order chi connectivity index (χ0) is 17.9. The normalized spacial score (nSPS) is 10.7. The highest BCUT2D eigenvalue weighted by molar-refractivity contribution is 7.99. The minimum Gasteiger partial charge on any atom is -0.393 e. The van der Waals surface area contributed by atoms with Gasteiger partial charge in [0.2, 0.25) is 0 Å². The maximum atomic E-state index is 13.4. The van der Waals surface area contributed by atoms with Gasteiger partial charge < -0.3 is 11.1 Å². The van der Waals surface area contributed by atoms with E-state index in [1.165, 1.54) is 24.3 Å². The number of carbonyl (C=O) groups excluding carboxylic acids is 1. The van der Waals surface area contributed by atoms with Crippen LogP contribution in [0, 0.1) is 15.9 Å². The number of thioether (sulfide) groups is 1. The van der Waals surface area contributed by atoms with Crippen molar-refractivity contribution < 1.29 is 22.9 Å². The van der Waals surface area contributed by atoms with Crippen LogP contribution in [0.15, 0.2) is 41.3 Å². The monoisotopic (exact) mass is 357 g/mol. The number of nitrogens with one attached hydrogen (secondary N) is 1. The van der Waals surface area contributed by atoms with Crippen molar-refractivity contribution in [2.45, 2.75) is 10.7 Å². The van der Waals surface area contributed by atoms with E-state index in [9.17, 15) is 28.1 Å². The number of benzene rings is 2. The molecule has 0 radical (unpaired) electrons. The molecule has 2 aromatic carbocycles. The van der Waals surface area contributed by atoms with Gasteiger partial charge in [0.1, 0.15) is 11.5 Å². The van der Waals surface area contributed by atoms with E-state index in [4.69, 9.17) is 5.73 Å². The molecule has 2 rings (SSSR count). The van der Waals surface area contributed by atoms with Gasteiger partial charge in [-0.15, -0.1) is 0 Å². The first-order chi connectivity index (χ1) is 11.3. The highest BCUT2D eigenvalue weighted by Crippen LogP contribution is 2.29. The molecule has 6 nitrogen and oxygen atoms in total. The van der Waals surface area contributed by atoms with Crippen molar-refractivity contribution in [3.05, 3.63) is 57.9 Å². The number of hydrogen-bond acceptors (Lipinski definition) is 5. The number of nitro groups is 1. The molecule has 3 N–H and O–H groups in total. The highest BCUT2D eigenvalue weighted by atomic mass is 32.2. The number of carbonyl (C=O) groups is 1. The average molecular weight is 357 g/mol. The van der Waals surface area contributed by atoms with Crippen molar-refractivity contribution in [2.24, 2.45) is 0 Å². The molecule has 24 heavy (non-hydrogen) atoms. The van der Waals surface area contributed by atoms with Gasteiger partial charge in [-0.25, -0.2) is 4.39 Å². The quantitative estimate of drug-likeness (QED) is 0.366. The van der Waals surface area contributed by atoms with Crippen molar-refractivity contribution >= 4 is 34.7 Å². The number of hydrogen-bond donors (Lipinski definition) is 2. The largest absolute Gasteiger partial charge is 0.393 e. The number of halogens is 3. The van der Waals surface area contributed by atoms with E-state index >= 15 is 0 Å². The molecule has 1 amide bonds. The Hall–Kier alpha value is -2.75. The molecule has 0 atom stereocenters. The van der Waals surface area contributed by atoms with Gasteiger partial charge in [0, 0.05) is 10.6 Å². The maximum absolute atomic E-state index is 13.4. The van der Waals surface area contributed by atoms with Crippen LogP contribution in [0.25, 0.3) is 0 Å². The number of nitrogens with zero attached hydrogens (tertiary/aromatic N) is 1. The van der Waals surface area contributed by atoms with Gasteiger partial charge in [-0.1, -0.05) is 11.8 Å². The van der Waals surface area contributed by atoms with Gasteiger partial charge in [0.15, 0.2) is 0 Å². The van der Waals surface area contributed by atoms with Crippen LogP contribution >= 0.6 is 11.8 Å². The fourth-order valence-corrected chi connectivity index (χ4v) is 2.36. The zero-order valence-electron chi connectivity index (χ0n) is 11.8. The molecular weight excluding hydrogens is 347 g/mol. The minimum atomic E-state index is -2.57. The molecule has 0 unspecified atom stereocenters. The summed E-state index contributed by atoms with van der Waals surface area (Å²) in [7, 11) is 0. The Morgan fingerprint density at radius 1 is 1.25 bits per heavy atom. The summed E-state index contributed by atoms with van der Waals surface area (Å²) in [5.74, 6) is -4.41. The molecule has 0 aromatic heterocycles. The molecule has 2 aromatic rings. The first-order valence-electron chi connectivity index (χ1n) is 6.37. The second-order valence-electron chi connectivity index (χ2n) is 4.50. The second kappa shape index (κ2) is 7.21. The van der Waals surface area contributed by atoms with Crippen LogP contribution < -0.4 is 11.1 Å². The van der Waals surface area contributed by atoms with E-state index in [1.54, 1.807) is 0 Å².